The van der Waals surface area contributed by atoms with Gasteiger partial charge in [0.2, 0.25) is 0 Å². The molecule has 0 aromatic carbocycles. The van der Waals surface area contributed by atoms with Crippen molar-refractivity contribution < 1.29 is 5.11 Å². The number of hydrogen-bond donors (Lipinski definition) is 4. The van der Waals surface area contributed by atoms with Crippen LogP contribution in [0, 0.1) is 3.57 Å². The lowest BCUT2D eigenvalue weighted by Gasteiger charge is -2.06. The number of rotatable bonds is 5. The average molecular weight is 325 g/mol. The van der Waals surface area contributed by atoms with Gasteiger partial charge in [-0.15, -0.1) is 0 Å². The quantitative estimate of drug-likeness (QED) is 0.447. The molecule has 0 atom stereocenters. The van der Waals surface area contributed by atoms with Crippen LogP contribution < -0.4 is 16.6 Å². The first-order valence-electron chi connectivity index (χ1n) is 4.52. The van der Waals surface area contributed by atoms with E-state index in [9.17, 15) is 9.59 Å². The predicted molar refractivity (Wildman–Crippen MR) is 65.2 cm³/mol. The maximum absolute atomic E-state index is 11.2. The van der Waals surface area contributed by atoms with Crippen LogP contribution in [0.3, 0.4) is 0 Å². The molecule has 15 heavy (non-hydrogen) atoms. The van der Waals surface area contributed by atoms with Crippen molar-refractivity contribution in [3.05, 3.63) is 24.4 Å². The van der Waals surface area contributed by atoms with E-state index in [0.717, 1.165) is 6.42 Å². The molecule has 1 aromatic heterocycles. The third kappa shape index (κ3) is 3.67. The fourth-order valence-electron chi connectivity index (χ4n) is 1.04. The van der Waals surface area contributed by atoms with Gasteiger partial charge < -0.3 is 10.4 Å². The Bertz CT molecular complexity index is 426. The van der Waals surface area contributed by atoms with Gasteiger partial charge in [-0.25, -0.2) is 4.79 Å². The minimum absolute atomic E-state index is 0.144. The topological polar surface area (TPSA) is 98.0 Å². The number of nitrogens with one attached hydrogen (secondary N) is 3. The van der Waals surface area contributed by atoms with Gasteiger partial charge in [0.05, 0.1) is 0 Å². The second-order valence-corrected chi connectivity index (χ2v) is 4.03. The zero-order valence-electron chi connectivity index (χ0n) is 7.97. The van der Waals surface area contributed by atoms with Crippen molar-refractivity contribution in [1.29, 1.82) is 0 Å². The summed E-state index contributed by atoms with van der Waals surface area (Å²) in [6.45, 7) is 0.751. The molecule has 1 heterocycles. The Morgan fingerprint density at radius 1 is 1.27 bits per heavy atom. The number of unbranched alkanes of at least 4 members (excludes halogenated alkanes) is 1. The fraction of sp³-hybridized carbons (Fsp3) is 0.500. The highest BCUT2D eigenvalue weighted by Gasteiger charge is 2.04. The standard InChI is InChI=1S/C8H12IN3O3/c9-5-6(10-3-1-2-4-13)11-8(15)12-7(5)14/h13H,1-4H2,(H3,10,11,12,14,15). The minimum atomic E-state index is -0.523. The van der Waals surface area contributed by atoms with Gasteiger partial charge in [-0.1, -0.05) is 0 Å². The number of anilines is 1. The van der Waals surface area contributed by atoms with Crippen LogP contribution >= 0.6 is 22.6 Å². The SMILES string of the molecule is O=c1[nH]c(NCCCCO)c(I)c(=O)[nH]1. The van der Waals surface area contributed by atoms with Crippen LogP contribution in [0.1, 0.15) is 12.8 Å². The van der Waals surface area contributed by atoms with Crippen molar-refractivity contribution in [3.8, 4) is 0 Å². The lowest BCUT2D eigenvalue weighted by molar-refractivity contribution is 0.286. The number of aliphatic hydroxyl groups is 1. The molecule has 1 rings (SSSR count). The third-order valence-corrected chi connectivity index (χ3v) is 2.80. The summed E-state index contributed by atoms with van der Waals surface area (Å²) in [4.78, 5) is 26.8. The molecule has 0 amide bonds. The van der Waals surface area contributed by atoms with Crippen molar-refractivity contribution in [3.63, 3.8) is 0 Å². The number of aromatic amines is 2. The molecule has 0 bridgehead atoms. The first-order valence-corrected chi connectivity index (χ1v) is 5.60. The van der Waals surface area contributed by atoms with Gasteiger partial charge in [0.1, 0.15) is 9.39 Å². The van der Waals surface area contributed by atoms with E-state index in [1.54, 1.807) is 0 Å². The second kappa shape index (κ2) is 5.91. The first-order chi connectivity index (χ1) is 7.15. The van der Waals surface area contributed by atoms with Crippen molar-refractivity contribution in [2.75, 3.05) is 18.5 Å². The monoisotopic (exact) mass is 325 g/mol. The summed E-state index contributed by atoms with van der Waals surface area (Å²) in [5.74, 6) is 0.433. The van der Waals surface area contributed by atoms with E-state index in [1.165, 1.54) is 0 Å². The number of halogens is 1. The van der Waals surface area contributed by atoms with E-state index in [-0.39, 0.29) is 6.61 Å². The molecule has 7 heteroatoms. The highest BCUT2D eigenvalue weighted by Crippen LogP contribution is 2.07. The Balaban J connectivity index is 2.69. The molecule has 6 nitrogen and oxygen atoms in total. The van der Waals surface area contributed by atoms with Gasteiger partial charge in [0.15, 0.2) is 0 Å². The van der Waals surface area contributed by atoms with Gasteiger partial charge in [-0.2, -0.15) is 0 Å². The molecule has 0 fully saturated rings. The smallest absolute Gasteiger partial charge is 0.327 e. The molecule has 0 radical (unpaired) electrons. The molecular weight excluding hydrogens is 313 g/mol. The Morgan fingerprint density at radius 3 is 2.67 bits per heavy atom. The maximum Gasteiger partial charge on any atom is 0.327 e. The van der Waals surface area contributed by atoms with Gasteiger partial charge in [-0.3, -0.25) is 14.8 Å². The summed E-state index contributed by atoms with van der Waals surface area (Å²) in [5, 5.41) is 11.5. The van der Waals surface area contributed by atoms with Gasteiger partial charge >= 0.3 is 5.69 Å². The Labute approximate surface area is 99.3 Å². The van der Waals surface area contributed by atoms with E-state index in [4.69, 9.17) is 5.11 Å². The fourth-order valence-corrected chi connectivity index (χ4v) is 1.50. The summed E-state index contributed by atoms with van der Waals surface area (Å²) in [6.07, 6.45) is 1.47. The molecule has 0 aliphatic carbocycles. The average Bonchev–Trinajstić information content (AvgIpc) is 2.19. The zero-order valence-corrected chi connectivity index (χ0v) is 10.1. The number of aliphatic hydroxyl groups excluding tert-OH is 1. The van der Waals surface area contributed by atoms with Crippen LogP contribution in [0.4, 0.5) is 5.82 Å². The molecule has 0 spiro atoms. The second-order valence-electron chi connectivity index (χ2n) is 2.95. The molecule has 0 aliphatic heterocycles. The third-order valence-electron chi connectivity index (χ3n) is 1.77. The Hall–Kier alpha value is -0.830. The molecular formula is C8H12IN3O3. The largest absolute Gasteiger partial charge is 0.396 e. The highest BCUT2D eigenvalue weighted by molar-refractivity contribution is 14.1. The lowest BCUT2D eigenvalue weighted by Crippen LogP contribution is -2.26. The van der Waals surface area contributed by atoms with Crippen molar-refractivity contribution >= 4 is 28.4 Å². The molecule has 1 aromatic rings. The van der Waals surface area contributed by atoms with E-state index in [2.05, 4.69) is 15.3 Å². The van der Waals surface area contributed by atoms with E-state index < -0.39 is 11.2 Å². The van der Waals surface area contributed by atoms with Crippen molar-refractivity contribution in [2.45, 2.75) is 12.8 Å². The lowest BCUT2D eigenvalue weighted by atomic mass is 10.3. The Morgan fingerprint density at radius 2 is 2.00 bits per heavy atom. The number of H-pyrrole nitrogens is 2. The molecule has 0 unspecified atom stereocenters. The zero-order chi connectivity index (χ0) is 11.3. The molecule has 0 saturated carbocycles. The molecule has 84 valence electrons. The van der Waals surface area contributed by atoms with Gasteiger partial charge in [0.25, 0.3) is 5.56 Å². The van der Waals surface area contributed by atoms with E-state index in [1.807, 2.05) is 22.6 Å². The van der Waals surface area contributed by atoms with Crippen LogP contribution in [0.25, 0.3) is 0 Å². The maximum atomic E-state index is 11.2. The summed E-state index contributed by atoms with van der Waals surface area (Å²) >= 11 is 1.86. The minimum Gasteiger partial charge on any atom is -0.396 e. The van der Waals surface area contributed by atoms with Crippen LogP contribution in [0.5, 0.6) is 0 Å². The van der Waals surface area contributed by atoms with Crippen LogP contribution in [0.15, 0.2) is 9.59 Å². The van der Waals surface area contributed by atoms with E-state index in [0.29, 0.717) is 22.4 Å². The van der Waals surface area contributed by atoms with Gasteiger partial charge in [0, 0.05) is 13.2 Å². The first kappa shape index (κ1) is 12.2. The van der Waals surface area contributed by atoms with Crippen LogP contribution in [-0.2, 0) is 0 Å². The molecule has 0 aliphatic rings. The summed E-state index contributed by atoms with van der Waals surface area (Å²) in [7, 11) is 0. The van der Waals surface area contributed by atoms with Gasteiger partial charge in [-0.05, 0) is 35.4 Å². The van der Waals surface area contributed by atoms with Crippen molar-refractivity contribution in [2.24, 2.45) is 0 Å². The number of hydrogen-bond acceptors (Lipinski definition) is 4. The summed E-state index contributed by atoms with van der Waals surface area (Å²) in [6, 6.07) is 0. The molecule has 4 N–H and O–H groups in total. The van der Waals surface area contributed by atoms with Crippen LogP contribution in [-0.4, -0.2) is 28.2 Å². The summed E-state index contributed by atoms with van der Waals surface area (Å²) < 4.78 is 0.427. The van der Waals surface area contributed by atoms with Crippen molar-refractivity contribution in [1.82, 2.24) is 9.97 Å². The summed E-state index contributed by atoms with van der Waals surface area (Å²) in [5.41, 5.74) is -0.922. The highest BCUT2D eigenvalue weighted by atomic mass is 127. The predicted octanol–water partition coefficient (Wildman–Crippen LogP) is -0.148. The Kier molecular flexibility index (Phi) is 4.82. The number of aromatic nitrogens is 2. The normalized spacial score (nSPS) is 10.3. The molecule has 0 saturated heterocycles. The van der Waals surface area contributed by atoms with E-state index >= 15 is 0 Å². The van der Waals surface area contributed by atoms with Crippen LogP contribution in [0.2, 0.25) is 0 Å².